The molecule has 2 aromatic carbocycles. The zero-order chi connectivity index (χ0) is 19.3. The van der Waals surface area contributed by atoms with E-state index in [-0.39, 0.29) is 12.3 Å². The summed E-state index contributed by atoms with van der Waals surface area (Å²) in [6, 6.07) is 10.9. The van der Waals surface area contributed by atoms with Crippen molar-refractivity contribution in [2.24, 2.45) is 0 Å². The molecule has 0 bridgehead atoms. The first-order valence-corrected chi connectivity index (χ1v) is 7.98. The molecule has 0 heterocycles. The monoisotopic (exact) mass is 365 g/mol. The number of carbonyl (C=O) groups excluding carboxylic acids is 2. The lowest BCUT2D eigenvalue weighted by Crippen LogP contribution is -2.30. The van der Waals surface area contributed by atoms with Gasteiger partial charge in [-0.05, 0) is 30.5 Å². The van der Waals surface area contributed by atoms with Gasteiger partial charge in [-0.1, -0.05) is 37.3 Å². The molecule has 7 heteroatoms. The Hall–Kier alpha value is -2.83. The van der Waals surface area contributed by atoms with Gasteiger partial charge in [0, 0.05) is 0 Å². The van der Waals surface area contributed by atoms with Gasteiger partial charge in [0.2, 0.25) is 0 Å². The summed E-state index contributed by atoms with van der Waals surface area (Å²) < 4.78 is 44.7. The maximum Gasteiger partial charge on any atom is 0.307 e. The van der Waals surface area contributed by atoms with Gasteiger partial charge >= 0.3 is 5.97 Å². The lowest BCUT2D eigenvalue weighted by molar-refractivity contribution is -0.153. The Morgan fingerprint density at radius 2 is 1.65 bits per heavy atom. The Bertz CT molecular complexity index is 796. The average molecular weight is 365 g/mol. The van der Waals surface area contributed by atoms with Crippen LogP contribution in [0.4, 0.5) is 18.9 Å². The number of rotatable bonds is 6. The summed E-state index contributed by atoms with van der Waals surface area (Å²) in [7, 11) is 0. The van der Waals surface area contributed by atoms with Crippen LogP contribution in [0, 0.1) is 17.5 Å². The van der Waals surface area contributed by atoms with E-state index in [0.717, 1.165) is 11.6 Å². The lowest BCUT2D eigenvalue weighted by Gasteiger charge is -2.16. The predicted molar refractivity (Wildman–Crippen MR) is 90.0 cm³/mol. The minimum Gasteiger partial charge on any atom is -0.453 e. The highest BCUT2D eigenvalue weighted by Crippen LogP contribution is 2.21. The van der Waals surface area contributed by atoms with Gasteiger partial charge in [0.05, 0.1) is 12.1 Å². The van der Waals surface area contributed by atoms with Gasteiger partial charge in [-0.2, -0.15) is 0 Å². The number of nitrogens with one attached hydrogen (secondary N) is 1. The van der Waals surface area contributed by atoms with Crippen LogP contribution in [-0.2, 0) is 14.3 Å². The third kappa shape index (κ3) is 4.84. The van der Waals surface area contributed by atoms with E-state index in [1.165, 1.54) is 6.92 Å². The fourth-order valence-electron chi connectivity index (χ4n) is 2.31. The van der Waals surface area contributed by atoms with Crippen LogP contribution in [-0.4, -0.2) is 18.0 Å². The molecular formula is C19H18F3NO3. The molecule has 138 valence electrons. The van der Waals surface area contributed by atoms with Gasteiger partial charge in [0.25, 0.3) is 5.91 Å². The number of amides is 1. The molecule has 4 nitrogen and oxygen atoms in total. The van der Waals surface area contributed by atoms with Gasteiger partial charge in [-0.3, -0.25) is 9.59 Å². The van der Waals surface area contributed by atoms with Crippen LogP contribution in [0.2, 0.25) is 0 Å². The van der Waals surface area contributed by atoms with Crippen LogP contribution < -0.4 is 5.32 Å². The van der Waals surface area contributed by atoms with Crippen molar-refractivity contribution >= 4 is 17.6 Å². The molecule has 2 rings (SSSR count). The van der Waals surface area contributed by atoms with Crippen LogP contribution in [0.1, 0.15) is 31.7 Å². The normalized spacial score (nSPS) is 13.0. The second kappa shape index (κ2) is 8.51. The van der Waals surface area contributed by atoms with Crippen LogP contribution in [0.25, 0.3) is 0 Å². The predicted octanol–water partition coefficient (Wildman–Crippen LogP) is 4.17. The van der Waals surface area contributed by atoms with Gasteiger partial charge in [0.15, 0.2) is 23.6 Å². The van der Waals surface area contributed by atoms with Gasteiger partial charge in [-0.15, -0.1) is 0 Å². The highest BCUT2D eigenvalue weighted by molar-refractivity contribution is 5.95. The number of halogens is 3. The Balaban J connectivity index is 1.92. The van der Waals surface area contributed by atoms with Crippen molar-refractivity contribution in [1.29, 1.82) is 0 Å². The number of esters is 1. The summed E-state index contributed by atoms with van der Waals surface area (Å²) in [4.78, 5) is 24.0. The number of hydrogen-bond donors (Lipinski definition) is 1. The smallest absolute Gasteiger partial charge is 0.307 e. The molecule has 26 heavy (non-hydrogen) atoms. The van der Waals surface area contributed by atoms with Crippen molar-refractivity contribution in [1.82, 2.24) is 0 Å². The minimum atomic E-state index is -1.69. The molecule has 0 aliphatic heterocycles. The van der Waals surface area contributed by atoms with Gasteiger partial charge < -0.3 is 10.1 Å². The zero-order valence-corrected chi connectivity index (χ0v) is 14.3. The molecule has 0 fully saturated rings. The van der Waals surface area contributed by atoms with Crippen LogP contribution in [0.3, 0.4) is 0 Å². The molecule has 0 spiro atoms. The van der Waals surface area contributed by atoms with Crippen molar-refractivity contribution in [3.63, 3.8) is 0 Å². The van der Waals surface area contributed by atoms with Crippen molar-refractivity contribution in [2.75, 3.05) is 5.32 Å². The van der Waals surface area contributed by atoms with E-state index >= 15 is 0 Å². The third-order valence-electron chi connectivity index (χ3n) is 3.81. The second-order valence-corrected chi connectivity index (χ2v) is 5.86. The summed E-state index contributed by atoms with van der Waals surface area (Å²) >= 11 is 0. The lowest BCUT2D eigenvalue weighted by atomic mass is 9.98. The molecule has 0 saturated carbocycles. The van der Waals surface area contributed by atoms with Crippen molar-refractivity contribution in [3.8, 4) is 0 Å². The Morgan fingerprint density at radius 1 is 1.00 bits per heavy atom. The van der Waals surface area contributed by atoms with E-state index in [9.17, 15) is 22.8 Å². The maximum atomic E-state index is 13.6. The van der Waals surface area contributed by atoms with E-state index in [1.807, 2.05) is 37.3 Å². The summed E-state index contributed by atoms with van der Waals surface area (Å²) in [5.74, 6) is -6.14. The molecule has 2 aromatic rings. The summed E-state index contributed by atoms with van der Waals surface area (Å²) in [6.07, 6.45) is -1.17. The maximum absolute atomic E-state index is 13.6. The molecule has 1 amide bonds. The fraction of sp³-hybridized carbons (Fsp3) is 0.263. The van der Waals surface area contributed by atoms with Gasteiger partial charge in [-0.25, -0.2) is 13.2 Å². The minimum absolute atomic E-state index is 0.0567. The Labute approximate surface area is 149 Å². The Kier molecular flexibility index (Phi) is 6.38. The van der Waals surface area contributed by atoms with E-state index in [1.54, 1.807) is 0 Å². The second-order valence-electron chi connectivity index (χ2n) is 5.86. The number of ether oxygens (including phenoxy) is 1. The average Bonchev–Trinajstić information content (AvgIpc) is 2.62. The summed E-state index contributed by atoms with van der Waals surface area (Å²) in [5.41, 5.74) is 0.417. The molecule has 0 aliphatic carbocycles. The largest absolute Gasteiger partial charge is 0.453 e. The highest BCUT2D eigenvalue weighted by Gasteiger charge is 2.22. The van der Waals surface area contributed by atoms with Crippen molar-refractivity contribution < 1.29 is 27.5 Å². The van der Waals surface area contributed by atoms with E-state index in [2.05, 4.69) is 5.32 Å². The molecule has 0 unspecified atom stereocenters. The molecule has 0 aromatic heterocycles. The first kappa shape index (κ1) is 19.5. The zero-order valence-electron chi connectivity index (χ0n) is 14.3. The van der Waals surface area contributed by atoms with E-state index < -0.39 is 41.1 Å². The number of benzene rings is 2. The molecular weight excluding hydrogens is 347 g/mol. The van der Waals surface area contributed by atoms with Crippen LogP contribution >= 0.6 is 0 Å². The van der Waals surface area contributed by atoms with Gasteiger partial charge in [0.1, 0.15) is 0 Å². The first-order valence-electron chi connectivity index (χ1n) is 7.98. The quantitative estimate of drug-likeness (QED) is 0.618. The molecule has 0 radical (unpaired) electrons. The van der Waals surface area contributed by atoms with Crippen LogP contribution in [0.15, 0.2) is 42.5 Å². The van der Waals surface area contributed by atoms with Crippen molar-refractivity contribution in [3.05, 3.63) is 65.5 Å². The highest BCUT2D eigenvalue weighted by atomic mass is 19.2. The first-order chi connectivity index (χ1) is 12.3. The number of hydrogen-bond acceptors (Lipinski definition) is 3. The van der Waals surface area contributed by atoms with Crippen LogP contribution in [0.5, 0.6) is 0 Å². The number of anilines is 1. The van der Waals surface area contributed by atoms with E-state index in [4.69, 9.17) is 4.74 Å². The SMILES string of the molecule is C[C@H](CC(=O)O[C@H](C)C(=O)Nc1ccc(F)c(F)c1F)c1ccccc1. The molecule has 0 saturated heterocycles. The molecule has 0 aliphatic rings. The number of carbonyl (C=O) groups is 2. The summed E-state index contributed by atoms with van der Waals surface area (Å²) in [5, 5.41) is 2.07. The Morgan fingerprint density at radius 3 is 2.31 bits per heavy atom. The third-order valence-corrected chi connectivity index (χ3v) is 3.81. The summed E-state index contributed by atoms with van der Waals surface area (Å²) in [6.45, 7) is 3.15. The van der Waals surface area contributed by atoms with Crippen molar-refractivity contribution in [2.45, 2.75) is 32.3 Å². The molecule has 1 N–H and O–H groups in total. The standard InChI is InChI=1S/C19H18F3NO3/c1-11(13-6-4-3-5-7-13)10-16(24)26-12(2)19(25)23-15-9-8-14(20)17(21)18(15)22/h3-9,11-12H,10H2,1-2H3,(H,23,25)/t11-,12-/m1/s1. The topological polar surface area (TPSA) is 55.4 Å². The fourth-order valence-corrected chi connectivity index (χ4v) is 2.31. The van der Waals surface area contributed by atoms with E-state index in [0.29, 0.717) is 6.07 Å². The molecule has 2 atom stereocenters.